The smallest absolute Gasteiger partial charge is 0.310 e. The molecule has 3 aromatic rings. The largest absolute Gasteiger partial charge is 0.494 e. The normalized spacial score (nSPS) is 12.1. The first-order chi connectivity index (χ1) is 14.0. The third-order valence-electron chi connectivity index (χ3n) is 5.07. The second-order valence-corrected chi connectivity index (χ2v) is 7.23. The number of rotatable bonds is 10. The molecule has 0 aliphatic rings. The summed E-state index contributed by atoms with van der Waals surface area (Å²) in [6, 6.07) is 12.1. The van der Waals surface area contributed by atoms with Crippen LogP contribution in [0.15, 0.2) is 53.1 Å². The molecule has 1 N–H and O–H groups in total. The number of ketones is 1. The van der Waals surface area contributed by atoms with E-state index in [9.17, 15) is 14.7 Å². The first kappa shape index (κ1) is 20.6. The Balaban J connectivity index is 1.80. The predicted octanol–water partition coefficient (Wildman–Crippen LogP) is 5.81. The molecular weight excluding hydrogens is 368 g/mol. The van der Waals surface area contributed by atoms with Gasteiger partial charge in [0, 0.05) is 10.9 Å². The maximum Gasteiger partial charge on any atom is 0.310 e. The summed E-state index contributed by atoms with van der Waals surface area (Å²) in [6.45, 7) is 4.44. The number of carbonyl (C=O) groups excluding carboxylic acids is 1. The fourth-order valence-electron chi connectivity index (χ4n) is 3.24. The van der Waals surface area contributed by atoms with Crippen LogP contribution in [0.25, 0.3) is 11.0 Å². The molecule has 0 aliphatic heterocycles. The Morgan fingerprint density at radius 1 is 1.07 bits per heavy atom. The molecule has 0 spiro atoms. The van der Waals surface area contributed by atoms with Crippen molar-refractivity contribution < 1.29 is 23.8 Å². The highest BCUT2D eigenvalue weighted by molar-refractivity contribution is 6.15. The van der Waals surface area contributed by atoms with Crippen molar-refractivity contribution in [3.8, 4) is 5.75 Å². The van der Waals surface area contributed by atoms with Crippen molar-refractivity contribution in [1.29, 1.82) is 0 Å². The van der Waals surface area contributed by atoms with Gasteiger partial charge in [0.1, 0.15) is 11.3 Å². The van der Waals surface area contributed by atoms with Crippen molar-refractivity contribution in [1.82, 2.24) is 0 Å². The lowest BCUT2D eigenvalue weighted by atomic mass is 9.94. The molecule has 0 aliphatic carbocycles. The number of hydrogen-bond acceptors (Lipinski definition) is 4. The minimum atomic E-state index is -0.938. The van der Waals surface area contributed by atoms with Crippen molar-refractivity contribution in [2.75, 3.05) is 6.61 Å². The molecule has 2 aromatic carbocycles. The maximum atomic E-state index is 13.1. The molecule has 1 atom stereocenters. The van der Waals surface area contributed by atoms with Gasteiger partial charge >= 0.3 is 5.97 Å². The molecule has 0 saturated heterocycles. The first-order valence-electron chi connectivity index (χ1n) is 10.0. The van der Waals surface area contributed by atoms with Crippen LogP contribution in [0.2, 0.25) is 0 Å². The number of unbranched alkanes of at least 4 members (excludes halogenated alkanes) is 3. The van der Waals surface area contributed by atoms with Crippen LogP contribution in [0.3, 0.4) is 0 Å². The standard InChI is InChI=1S/C24H26O5/c1-3-4-5-6-12-28-20-9-7-17(8-10-20)22(25)21-15-19(16(2)24(26)27)14-18-11-13-29-23(18)21/h7-11,13-16H,3-6,12H2,1-2H3,(H,26,27). The number of furan rings is 1. The van der Waals surface area contributed by atoms with E-state index < -0.39 is 11.9 Å². The fourth-order valence-corrected chi connectivity index (χ4v) is 3.24. The summed E-state index contributed by atoms with van der Waals surface area (Å²) in [5, 5.41) is 10.0. The van der Waals surface area contributed by atoms with E-state index in [-0.39, 0.29) is 5.78 Å². The topological polar surface area (TPSA) is 76.7 Å². The lowest BCUT2D eigenvalue weighted by Crippen LogP contribution is -2.09. The molecule has 0 saturated carbocycles. The van der Waals surface area contributed by atoms with Gasteiger partial charge < -0.3 is 14.3 Å². The average molecular weight is 394 g/mol. The fraction of sp³-hybridized carbons (Fsp3) is 0.333. The number of carboxylic acids is 1. The summed E-state index contributed by atoms with van der Waals surface area (Å²) in [5.74, 6) is -1.13. The molecule has 1 aromatic heterocycles. The Labute approximate surface area is 170 Å². The summed E-state index contributed by atoms with van der Waals surface area (Å²) >= 11 is 0. The van der Waals surface area contributed by atoms with Crippen LogP contribution >= 0.6 is 0 Å². The molecule has 0 amide bonds. The van der Waals surface area contributed by atoms with Crippen molar-refractivity contribution in [3.05, 3.63) is 65.4 Å². The number of aliphatic carboxylic acids is 1. The minimum Gasteiger partial charge on any atom is -0.494 e. The third-order valence-corrected chi connectivity index (χ3v) is 5.07. The highest BCUT2D eigenvalue weighted by Gasteiger charge is 2.21. The highest BCUT2D eigenvalue weighted by atomic mass is 16.5. The zero-order valence-corrected chi connectivity index (χ0v) is 16.8. The van der Waals surface area contributed by atoms with Crippen LogP contribution in [-0.2, 0) is 4.79 Å². The Kier molecular flexibility index (Phi) is 6.70. The van der Waals surface area contributed by atoms with E-state index in [1.807, 2.05) is 0 Å². The molecule has 1 unspecified atom stereocenters. The van der Waals surface area contributed by atoms with Crippen LogP contribution < -0.4 is 4.74 Å². The van der Waals surface area contributed by atoms with E-state index in [0.717, 1.165) is 18.6 Å². The number of ether oxygens (including phenoxy) is 1. The van der Waals surface area contributed by atoms with E-state index in [1.165, 1.54) is 19.1 Å². The van der Waals surface area contributed by atoms with Gasteiger partial charge in [-0.05, 0) is 61.4 Å². The molecule has 152 valence electrons. The van der Waals surface area contributed by atoms with Crippen molar-refractivity contribution in [2.24, 2.45) is 0 Å². The van der Waals surface area contributed by atoms with Gasteiger partial charge in [-0.15, -0.1) is 0 Å². The van der Waals surface area contributed by atoms with Gasteiger partial charge in [0.15, 0.2) is 5.78 Å². The van der Waals surface area contributed by atoms with Crippen molar-refractivity contribution >= 4 is 22.7 Å². The number of fused-ring (bicyclic) bond motifs is 1. The molecule has 0 fully saturated rings. The summed E-state index contributed by atoms with van der Waals surface area (Å²) in [4.78, 5) is 24.5. The van der Waals surface area contributed by atoms with E-state index in [0.29, 0.717) is 34.3 Å². The van der Waals surface area contributed by atoms with Crippen LogP contribution in [0, 0.1) is 0 Å². The van der Waals surface area contributed by atoms with Gasteiger partial charge in [-0.2, -0.15) is 0 Å². The minimum absolute atomic E-state index is 0.209. The van der Waals surface area contributed by atoms with E-state index in [4.69, 9.17) is 9.15 Å². The van der Waals surface area contributed by atoms with Gasteiger partial charge in [0.2, 0.25) is 0 Å². The number of carbonyl (C=O) groups is 2. The van der Waals surface area contributed by atoms with Crippen LogP contribution in [0.1, 0.15) is 66.9 Å². The monoisotopic (exact) mass is 394 g/mol. The third kappa shape index (κ3) is 4.86. The second-order valence-electron chi connectivity index (χ2n) is 7.23. The van der Waals surface area contributed by atoms with Gasteiger partial charge in [-0.3, -0.25) is 9.59 Å². The zero-order chi connectivity index (χ0) is 20.8. The molecule has 0 radical (unpaired) electrons. The van der Waals surface area contributed by atoms with Gasteiger partial charge in [-0.1, -0.05) is 26.2 Å². The van der Waals surface area contributed by atoms with Crippen LogP contribution in [0.4, 0.5) is 0 Å². The summed E-state index contributed by atoms with van der Waals surface area (Å²) < 4.78 is 11.2. The summed E-state index contributed by atoms with van der Waals surface area (Å²) in [6.07, 6.45) is 6.06. The lowest BCUT2D eigenvalue weighted by molar-refractivity contribution is -0.138. The van der Waals surface area contributed by atoms with E-state index in [2.05, 4.69) is 6.92 Å². The quantitative estimate of drug-likeness (QED) is 0.347. The Morgan fingerprint density at radius 3 is 2.52 bits per heavy atom. The Hall–Kier alpha value is -3.08. The van der Waals surface area contributed by atoms with E-state index >= 15 is 0 Å². The van der Waals surface area contributed by atoms with Crippen LogP contribution in [0.5, 0.6) is 5.75 Å². The summed E-state index contributed by atoms with van der Waals surface area (Å²) in [5.41, 5.74) is 1.90. The number of hydrogen-bond donors (Lipinski definition) is 1. The van der Waals surface area contributed by atoms with Crippen LogP contribution in [-0.4, -0.2) is 23.5 Å². The van der Waals surface area contributed by atoms with Crippen molar-refractivity contribution in [3.63, 3.8) is 0 Å². The molecular formula is C24H26O5. The molecule has 29 heavy (non-hydrogen) atoms. The molecule has 5 nitrogen and oxygen atoms in total. The Morgan fingerprint density at radius 2 is 1.83 bits per heavy atom. The molecule has 3 rings (SSSR count). The summed E-state index contributed by atoms with van der Waals surface area (Å²) in [7, 11) is 0. The predicted molar refractivity (Wildman–Crippen MR) is 112 cm³/mol. The molecule has 0 bridgehead atoms. The SMILES string of the molecule is CCCCCCOc1ccc(C(=O)c2cc(C(C)C(=O)O)cc3ccoc23)cc1. The lowest BCUT2D eigenvalue weighted by Gasteiger charge is -2.10. The molecule has 5 heteroatoms. The zero-order valence-electron chi connectivity index (χ0n) is 16.8. The number of benzene rings is 2. The molecule has 1 heterocycles. The van der Waals surface area contributed by atoms with Gasteiger partial charge in [0.25, 0.3) is 0 Å². The number of carboxylic acid groups (broad SMARTS) is 1. The first-order valence-corrected chi connectivity index (χ1v) is 10.0. The Bertz CT molecular complexity index is 984. The van der Waals surface area contributed by atoms with Crippen molar-refractivity contribution in [2.45, 2.75) is 45.4 Å². The van der Waals surface area contributed by atoms with Gasteiger partial charge in [-0.25, -0.2) is 0 Å². The van der Waals surface area contributed by atoms with E-state index in [1.54, 1.807) is 49.4 Å². The maximum absolute atomic E-state index is 13.1. The highest BCUT2D eigenvalue weighted by Crippen LogP contribution is 2.29. The second kappa shape index (κ2) is 9.41. The van der Waals surface area contributed by atoms with Gasteiger partial charge in [0.05, 0.1) is 24.4 Å². The average Bonchev–Trinajstić information content (AvgIpc) is 3.21.